The molecular formula is C22H17FN2O4. The molecule has 0 aliphatic carbocycles. The summed E-state index contributed by atoms with van der Waals surface area (Å²) in [6.45, 7) is 1.27. The van der Waals surface area contributed by atoms with Gasteiger partial charge in [0.1, 0.15) is 11.6 Å². The second-order valence-electron chi connectivity index (χ2n) is 6.09. The Bertz CT molecular complexity index is 1080. The SMILES string of the molecule is CC(=O)Oc1cccc(C(=O)Nc2cccc(NC(=O)c3ccccc3F)c2)c1. The molecule has 146 valence electrons. The summed E-state index contributed by atoms with van der Waals surface area (Å²) in [6.07, 6.45) is 0. The summed E-state index contributed by atoms with van der Waals surface area (Å²) in [5.74, 6) is -1.86. The monoisotopic (exact) mass is 392 g/mol. The predicted octanol–water partition coefficient (Wildman–Crippen LogP) is 4.26. The fourth-order valence-corrected chi connectivity index (χ4v) is 2.59. The number of nitrogens with one attached hydrogen (secondary N) is 2. The van der Waals surface area contributed by atoms with E-state index in [-0.39, 0.29) is 11.3 Å². The first-order valence-electron chi connectivity index (χ1n) is 8.68. The molecule has 0 bridgehead atoms. The molecule has 0 fully saturated rings. The van der Waals surface area contributed by atoms with E-state index in [1.807, 2.05) is 0 Å². The second-order valence-corrected chi connectivity index (χ2v) is 6.09. The van der Waals surface area contributed by atoms with Gasteiger partial charge in [0, 0.05) is 23.9 Å². The number of anilines is 2. The van der Waals surface area contributed by atoms with Crippen molar-refractivity contribution in [3.8, 4) is 5.75 Å². The molecule has 0 spiro atoms. The van der Waals surface area contributed by atoms with Crippen molar-refractivity contribution in [1.29, 1.82) is 0 Å². The Balaban J connectivity index is 1.71. The Morgan fingerprint density at radius 2 is 1.45 bits per heavy atom. The largest absolute Gasteiger partial charge is 0.427 e. The molecular weight excluding hydrogens is 375 g/mol. The summed E-state index contributed by atoms with van der Waals surface area (Å²) in [4.78, 5) is 35.8. The number of halogens is 1. The van der Waals surface area contributed by atoms with E-state index in [1.165, 1.54) is 31.2 Å². The Hall–Kier alpha value is -4.00. The zero-order valence-electron chi connectivity index (χ0n) is 15.4. The average Bonchev–Trinajstić information content (AvgIpc) is 2.68. The standard InChI is InChI=1S/C22H17FN2O4/c1-14(26)29-18-9-4-6-15(12-18)21(27)24-16-7-5-8-17(13-16)25-22(28)19-10-2-3-11-20(19)23/h2-13H,1H3,(H,24,27)(H,25,28). The molecule has 3 aromatic carbocycles. The number of carbonyl (C=O) groups is 3. The van der Waals surface area contributed by atoms with E-state index < -0.39 is 23.6 Å². The van der Waals surface area contributed by atoms with Crippen LogP contribution in [0.1, 0.15) is 27.6 Å². The third-order valence-electron chi connectivity index (χ3n) is 3.85. The summed E-state index contributed by atoms with van der Waals surface area (Å²) in [5, 5.41) is 5.29. The summed E-state index contributed by atoms with van der Waals surface area (Å²) >= 11 is 0. The van der Waals surface area contributed by atoms with Crippen molar-refractivity contribution in [2.24, 2.45) is 0 Å². The minimum absolute atomic E-state index is 0.0794. The zero-order valence-corrected chi connectivity index (χ0v) is 15.4. The van der Waals surface area contributed by atoms with E-state index in [0.717, 1.165) is 0 Å². The summed E-state index contributed by atoms with van der Waals surface area (Å²) < 4.78 is 18.7. The van der Waals surface area contributed by atoms with Gasteiger partial charge in [-0.05, 0) is 48.5 Å². The van der Waals surface area contributed by atoms with Crippen molar-refractivity contribution >= 4 is 29.2 Å². The van der Waals surface area contributed by atoms with E-state index in [1.54, 1.807) is 48.5 Å². The van der Waals surface area contributed by atoms with Gasteiger partial charge in [-0.15, -0.1) is 0 Å². The Labute approximate surface area is 166 Å². The van der Waals surface area contributed by atoms with Gasteiger partial charge < -0.3 is 15.4 Å². The van der Waals surface area contributed by atoms with Crippen molar-refractivity contribution in [1.82, 2.24) is 0 Å². The molecule has 0 atom stereocenters. The Morgan fingerprint density at radius 3 is 2.14 bits per heavy atom. The van der Waals surface area contributed by atoms with Gasteiger partial charge >= 0.3 is 5.97 Å². The fourth-order valence-electron chi connectivity index (χ4n) is 2.59. The minimum Gasteiger partial charge on any atom is -0.427 e. The van der Waals surface area contributed by atoms with Gasteiger partial charge in [-0.3, -0.25) is 14.4 Å². The lowest BCUT2D eigenvalue weighted by Crippen LogP contribution is -2.15. The van der Waals surface area contributed by atoms with E-state index >= 15 is 0 Å². The molecule has 3 rings (SSSR count). The molecule has 0 unspecified atom stereocenters. The van der Waals surface area contributed by atoms with Crippen LogP contribution >= 0.6 is 0 Å². The average molecular weight is 392 g/mol. The maximum Gasteiger partial charge on any atom is 0.308 e. The summed E-state index contributed by atoms with van der Waals surface area (Å²) in [7, 11) is 0. The molecule has 0 aliphatic rings. The number of ether oxygens (including phenoxy) is 1. The highest BCUT2D eigenvalue weighted by Gasteiger charge is 2.12. The minimum atomic E-state index is -0.623. The number of amides is 2. The number of hydrogen-bond donors (Lipinski definition) is 2. The zero-order chi connectivity index (χ0) is 20.8. The highest BCUT2D eigenvalue weighted by Crippen LogP contribution is 2.19. The van der Waals surface area contributed by atoms with E-state index in [9.17, 15) is 18.8 Å². The first-order valence-corrected chi connectivity index (χ1v) is 8.68. The molecule has 29 heavy (non-hydrogen) atoms. The molecule has 0 saturated carbocycles. The highest BCUT2D eigenvalue weighted by molar-refractivity contribution is 6.06. The quantitative estimate of drug-likeness (QED) is 0.502. The number of hydrogen-bond acceptors (Lipinski definition) is 4. The third kappa shape index (κ3) is 5.26. The van der Waals surface area contributed by atoms with Crippen LogP contribution in [0.15, 0.2) is 72.8 Å². The van der Waals surface area contributed by atoms with Gasteiger partial charge in [-0.2, -0.15) is 0 Å². The predicted molar refractivity (Wildman–Crippen MR) is 106 cm³/mol. The van der Waals surface area contributed by atoms with Crippen LogP contribution in [0, 0.1) is 5.82 Å². The van der Waals surface area contributed by atoms with Gasteiger partial charge in [0.15, 0.2) is 0 Å². The van der Waals surface area contributed by atoms with E-state index in [4.69, 9.17) is 4.74 Å². The van der Waals surface area contributed by atoms with E-state index in [2.05, 4.69) is 10.6 Å². The van der Waals surface area contributed by atoms with Crippen LogP contribution in [-0.2, 0) is 4.79 Å². The maximum absolute atomic E-state index is 13.7. The number of esters is 1. The molecule has 7 heteroatoms. The van der Waals surface area contributed by atoms with Crippen molar-refractivity contribution in [2.45, 2.75) is 6.92 Å². The molecule has 2 amide bonds. The van der Waals surface area contributed by atoms with Crippen molar-refractivity contribution in [3.63, 3.8) is 0 Å². The number of rotatable bonds is 5. The lowest BCUT2D eigenvalue weighted by atomic mass is 10.2. The molecule has 0 aromatic heterocycles. The van der Waals surface area contributed by atoms with Crippen molar-refractivity contribution < 1.29 is 23.5 Å². The number of benzene rings is 3. The Kier molecular flexibility index (Phi) is 5.99. The van der Waals surface area contributed by atoms with Gasteiger partial charge in [-0.1, -0.05) is 24.3 Å². The lowest BCUT2D eigenvalue weighted by Gasteiger charge is -2.10. The van der Waals surface area contributed by atoms with Gasteiger partial charge in [0.05, 0.1) is 5.56 Å². The van der Waals surface area contributed by atoms with Crippen LogP contribution in [0.4, 0.5) is 15.8 Å². The molecule has 2 N–H and O–H groups in total. The topological polar surface area (TPSA) is 84.5 Å². The van der Waals surface area contributed by atoms with Crippen LogP contribution in [-0.4, -0.2) is 17.8 Å². The summed E-state index contributed by atoms with van der Waals surface area (Å²) in [6, 6.07) is 18.3. The van der Waals surface area contributed by atoms with E-state index in [0.29, 0.717) is 16.9 Å². The third-order valence-corrected chi connectivity index (χ3v) is 3.85. The van der Waals surface area contributed by atoms with Crippen LogP contribution in [0.5, 0.6) is 5.75 Å². The maximum atomic E-state index is 13.7. The lowest BCUT2D eigenvalue weighted by molar-refractivity contribution is -0.131. The van der Waals surface area contributed by atoms with Gasteiger partial charge in [0.25, 0.3) is 11.8 Å². The normalized spacial score (nSPS) is 10.1. The molecule has 0 radical (unpaired) electrons. The molecule has 3 aromatic rings. The van der Waals surface area contributed by atoms with Gasteiger partial charge in [0.2, 0.25) is 0 Å². The van der Waals surface area contributed by atoms with Crippen molar-refractivity contribution in [3.05, 3.63) is 89.7 Å². The fraction of sp³-hybridized carbons (Fsp3) is 0.0455. The smallest absolute Gasteiger partial charge is 0.308 e. The second kappa shape index (κ2) is 8.79. The highest BCUT2D eigenvalue weighted by atomic mass is 19.1. The van der Waals surface area contributed by atoms with Crippen LogP contribution in [0.3, 0.4) is 0 Å². The molecule has 0 heterocycles. The van der Waals surface area contributed by atoms with Crippen LogP contribution < -0.4 is 15.4 Å². The van der Waals surface area contributed by atoms with Crippen LogP contribution in [0.2, 0.25) is 0 Å². The first kappa shape index (κ1) is 19.8. The van der Waals surface area contributed by atoms with Crippen molar-refractivity contribution in [2.75, 3.05) is 10.6 Å². The van der Waals surface area contributed by atoms with Crippen LogP contribution in [0.25, 0.3) is 0 Å². The number of carbonyl (C=O) groups excluding carboxylic acids is 3. The Morgan fingerprint density at radius 1 is 0.793 bits per heavy atom. The molecule has 6 nitrogen and oxygen atoms in total. The summed E-state index contributed by atoms with van der Waals surface area (Å²) in [5.41, 5.74) is 1.04. The van der Waals surface area contributed by atoms with Gasteiger partial charge in [-0.25, -0.2) is 4.39 Å². The first-order chi connectivity index (χ1) is 13.9. The molecule has 0 aliphatic heterocycles. The molecule has 0 saturated heterocycles.